The van der Waals surface area contributed by atoms with Gasteiger partial charge in [0.2, 0.25) is 0 Å². The van der Waals surface area contributed by atoms with Gasteiger partial charge in [-0.2, -0.15) is 0 Å². The molecule has 1 radical (unpaired) electrons. The van der Waals surface area contributed by atoms with Crippen molar-refractivity contribution in [1.82, 2.24) is 59.8 Å². The van der Waals surface area contributed by atoms with Gasteiger partial charge >= 0.3 is 235 Å². The summed E-state index contributed by atoms with van der Waals surface area (Å²) in [5.41, 5.74) is 14.1. The maximum atomic E-state index is 5.03. The number of aromatic amines is 4. The van der Waals surface area contributed by atoms with E-state index in [9.17, 15) is 0 Å². The van der Waals surface area contributed by atoms with E-state index in [4.69, 9.17) is 45.6 Å². The van der Waals surface area contributed by atoms with E-state index >= 15 is 0 Å². The van der Waals surface area contributed by atoms with Crippen molar-refractivity contribution in [2.45, 2.75) is 0 Å². The number of rotatable bonds is 0. The molecule has 10 heterocycles. The molecular formula is C52H31Co2N12. The van der Waals surface area contributed by atoms with Crippen molar-refractivity contribution in [3.8, 4) is 45.6 Å². The first kappa shape index (κ1) is 39.4. The van der Waals surface area contributed by atoms with Crippen LogP contribution in [0.15, 0.2) is 140 Å². The van der Waals surface area contributed by atoms with E-state index in [0.29, 0.717) is 45.9 Å². The van der Waals surface area contributed by atoms with Crippen LogP contribution in [0.5, 0.6) is 0 Å². The zero-order valence-electron chi connectivity index (χ0n) is 34.3. The average molecular weight is 942 g/mol. The zero-order valence-corrected chi connectivity index (χ0v) is 36.4. The van der Waals surface area contributed by atoms with Crippen molar-refractivity contribution >= 4 is 95.0 Å². The molecule has 4 N–H and O–H groups in total. The summed E-state index contributed by atoms with van der Waals surface area (Å²) < 4.78 is 0.784. The molecule has 14 heteroatoms. The molecule has 10 aromatic rings. The Morgan fingerprint density at radius 3 is 1.09 bits per heavy atom. The van der Waals surface area contributed by atoms with Crippen LogP contribution in [-0.2, 0) is 32.5 Å². The normalized spacial score (nSPS) is 12.1. The Balaban J connectivity index is 0.000000156. The number of hydrogen-bond donors (Lipinski definition) is 4. The average Bonchev–Trinajstić information content (AvgIpc) is 4.20. The number of nitrogens with zero attached hydrogens (tertiary/aromatic N) is 8. The molecule has 0 saturated carbocycles. The molecule has 6 aromatic heterocycles. The van der Waals surface area contributed by atoms with E-state index in [-0.39, 0.29) is 16.8 Å². The second kappa shape index (κ2) is 15.8. The maximum absolute atomic E-state index is 5.03. The van der Waals surface area contributed by atoms with E-state index < -0.39 is 0 Å². The molecular weight excluding hydrogens is 911 g/mol. The van der Waals surface area contributed by atoms with E-state index in [1.165, 1.54) is 0 Å². The van der Waals surface area contributed by atoms with Gasteiger partial charge in [-0.3, -0.25) is 0 Å². The Bertz CT molecular complexity index is 3880. The number of benzene rings is 4. The Hall–Kier alpha value is -8.15. The molecule has 0 fully saturated rings. The topological polar surface area (TPSA) is 166 Å². The van der Waals surface area contributed by atoms with E-state index in [2.05, 4.69) is 54.2 Å². The van der Waals surface area contributed by atoms with Crippen molar-refractivity contribution in [2.24, 2.45) is 0 Å². The van der Waals surface area contributed by atoms with Crippen LogP contribution in [0.25, 0.3) is 136 Å². The van der Waals surface area contributed by atoms with Gasteiger partial charge in [-0.1, -0.05) is 6.07 Å². The number of nitrogens with one attached hydrogen (secondary N) is 4. The molecule has 0 saturated heterocycles. The molecule has 4 aliphatic heterocycles. The fraction of sp³-hybridized carbons (Fsp3) is 0. The summed E-state index contributed by atoms with van der Waals surface area (Å²) in [5.74, 6) is 2.30. The molecule has 0 amide bonds. The molecule has 0 atom stereocenters. The van der Waals surface area contributed by atoms with Crippen LogP contribution in [-0.4, -0.2) is 59.8 Å². The fourth-order valence-corrected chi connectivity index (χ4v) is 8.94. The van der Waals surface area contributed by atoms with Crippen LogP contribution in [0.1, 0.15) is 22.8 Å². The van der Waals surface area contributed by atoms with Crippen LogP contribution in [0.3, 0.4) is 0 Å². The predicted molar refractivity (Wildman–Crippen MR) is 255 cm³/mol. The quantitative estimate of drug-likeness (QED) is 0.117. The molecule has 4 aliphatic rings. The molecule has 12 nitrogen and oxygen atoms in total. The molecule has 0 unspecified atom stereocenters. The summed E-state index contributed by atoms with van der Waals surface area (Å²) in [6.45, 7) is 0. The molecule has 16 bridgehead atoms. The van der Waals surface area contributed by atoms with Gasteiger partial charge in [-0.05, 0) is 72.8 Å². The Morgan fingerprint density at radius 2 is 0.667 bits per heavy atom. The van der Waals surface area contributed by atoms with E-state index in [1.807, 2.05) is 140 Å². The van der Waals surface area contributed by atoms with Gasteiger partial charge in [0.05, 0.1) is 22.8 Å². The Kier molecular flexibility index (Phi) is 9.46. The number of fused-ring (bicyclic) bond motifs is 28. The van der Waals surface area contributed by atoms with E-state index in [0.717, 1.165) is 93.1 Å². The van der Waals surface area contributed by atoms with Crippen molar-refractivity contribution in [3.63, 3.8) is 0 Å². The second-order valence-electron chi connectivity index (χ2n) is 15.8. The Labute approximate surface area is 393 Å². The summed E-state index contributed by atoms with van der Waals surface area (Å²) in [6.07, 6.45) is 8.09. The summed E-state index contributed by atoms with van der Waals surface area (Å²) in [6, 6.07) is 46.3. The first-order valence-electron chi connectivity index (χ1n) is 20.9. The zero-order chi connectivity index (χ0) is 43.0. The molecule has 0 spiro atoms. The van der Waals surface area contributed by atoms with Crippen LogP contribution in [0.2, 0.25) is 0 Å². The van der Waals surface area contributed by atoms with Crippen LogP contribution >= 0.6 is 0 Å². The predicted octanol–water partition coefficient (Wildman–Crippen LogP) is 10.7. The SMILES string of the molecule is C1=Cc2cc3ccc(cc4nc(cc5ccc(cc1n2)[nH]5)C=C4)[nH]3.[Co].[Co][c]1cccc2c3nc4nc(nc5[nH]c(nc6nc(nc([nH]3)c12)-c1ccccc1-6)c1ccccc51)-c1ccccc1-4. The van der Waals surface area contributed by atoms with Crippen molar-refractivity contribution in [1.29, 1.82) is 0 Å². The van der Waals surface area contributed by atoms with Crippen LogP contribution in [0, 0.1) is 0 Å². The summed E-state index contributed by atoms with van der Waals surface area (Å²) in [5, 5.41) is 3.65. The molecule has 14 rings (SSSR count). The van der Waals surface area contributed by atoms with Gasteiger partial charge in [-0.25, -0.2) is 9.97 Å². The minimum absolute atomic E-state index is 0. The number of hydrogen-bond acceptors (Lipinski definition) is 8. The van der Waals surface area contributed by atoms with Crippen molar-refractivity contribution in [3.05, 3.63) is 162 Å². The summed E-state index contributed by atoms with van der Waals surface area (Å²) in [4.78, 5) is 52.8. The van der Waals surface area contributed by atoms with Crippen molar-refractivity contribution in [2.75, 3.05) is 0 Å². The van der Waals surface area contributed by atoms with Gasteiger partial charge < -0.3 is 9.97 Å². The standard InChI is InChI=1S/C32H17N8.C20H14N4.2Co/c1-2-10-18-17(9-1)25-33-26(18)38-28-21-13-5-6-14-22(21)30(35-28)40-32-24-16-8-7-15-23(24)31(36-32)39-29-20-12-4-3-11-19(20)27(34-29)37-25;1-2-14-10-16-5-6-18(23-16)12-20-8-7-19(24-20)11-17-4-3-15(22-17)9-13(1)21-14;;/h1-15H,(H2,33,34,35,36,37,38,39,40);1-12,21,24H;;. The third kappa shape index (κ3) is 7.01. The molecule has 4 aromatic carbocycles. The number of aromatic nitrogens is 12. The third-order valence-corrected chi connectivity index (χ3v) is 12.0. The summed E-state index contributed by atoms with van der Waals surface area (Å²) in [7, 11) is 0. The third-order valence-electron chi connectivity index (χ3n) is 11.6. The molecule has 317 valence electrons. The minimum atomic E-state index is 0. The fourth-order valence-electron chi connectivity index (χ4n) is 8.58. The van der Waals surface area contributed by atoms with Crippen LogP contribution in [0.4, 0.5) is 0 Å². The first-order chi connectivity index (χ1) is 32.0. The Morgan fingerprint density at radius 1 is 0.318 bits per heavy atom. The van der Waals surface area contributed by atoms with E-state index in [1.54, 1.807) is 0 Å². The van der Waals surface area contributed by atoms with Gasteiger partial charge in [0.25, 0.3) is 0 Å². The first-order valence-corrected chi connectivity index (χ1v) is 21.4. The second-order valence-corrected chi connectivity index (χ2v) is 16.4. The molecule has 66 heavy (non-hydrogen) atoms. The summed E-state index contributed by atoms with van der Waals surface area (Å²) >= 11 is 4.84. The van der Waals surface area contributed by atoms with Gasteiger partial charge in [-0.15, -0.1) is 0 Å². The monoisotopic (exact) mass is 941 g/mol. The molecule has 0 aliphatic carbocycles. The van der Waals surface area contributed by atoms with Gasteiger partial charge in [0, 0.05) is 38.8 Å². The van der Waals surface area contributed by atoms with Crippen molar-refractivity contribution < 1.29 is 32.5 Å². The van der Waals surface area contributed by atoms with Crippen LogP contribution < -0.4 is 4.50 Å². The van der Waals surface area contributed by atoms with Gasteiger partial charge in [0.1, 0.15) is 0 Å². The van der Waals surface area contributed by atoms with Gasteiger partial charge in [0.15, 0.2) is 0 Å². The number of H-pyrrole nitrogens is 4.